The predicted molar refractivity (Wildman–Crippen MR) is 83.0 cm³/mol. The molecule has 1 unspecified atom stereocenters. The second-order valence-electron chi connectivity index (χ2n) is 5.76. The summed E-state index contributed by atoms with van der Waals surface area (Å²) in [4.78, 5) is 11.4. The topological polar surface area (TPSA) is 88.5 Å². The van der Waals surface area contributed by atoms with Gasteiger partial charge in [0.15, 0.2) is 9.84 Å². The van der Waals surface area contributed by atoms with Gasteiger partial charge in [0.2, 0.25) is 0 Å². The van der Waals surface area contributed by atoms with E-state index in [1.165, 1.54) is 6.07 Å². The quantitative estimate of drug-likeness (QED) is 0.891. The summed E-state index contributed by atoms with van der Waals surface area (Å²) in [7, 11) is -4.89. The van der Waals surface area contributed by atoms with E-state index in [-0.39, 0.29) is 17.1 Å². The van der Waals surface area contributed by atoms with Crippen molar-refractivity contribution in [2.45, 2.75) is 37.3 Å². The molecule has 21 heavy (non-hydrogen) atoms. The van der Waals surface area contributed by atoms with Crippen molar-refractivity contribution < 1.29 is 22.5 Å². The first-order valence-corrected chi connectivity index (χ1v) is 9.37. The van der Waals surface area contributed by atoms with E-state index < -0.39 is 31.4 Å². The molecule has 0 aliphatic rings. The summed E-state index contributed by atoms with van der Waals surface area (Å²) < 4.78 is 35.2. The van der Waals surface area contributed by atoms with Crippen molar-refractivity contribution in [1.82, 2.24) is 0 Å². The standard InChI is InChI=1S/C14H20O5S2/c1-10-5-6-11(9-12(10)13(15)16)20(17)7-8-21(18,19)14(2,3)4/h5-6,9H,7-8H2,1-4H3,(H,15,16). The number of rotatable bonds is 5. The fourth-order valence-electron chi connectivity index (χ4n) is 1.58. The van der Waals surface area contributed by atoms with Crippen molar-refractivity contribution in [3.8, 4) is 0 Å². The van der Waals surface area contributed by atoms with Gasteiger partial charge in [-0.1, -0.05) is 6.07 Å². The van der Waals surface area contributed by atoms with Gasteiger partial charge in [0.25, 0.3) is 0 Å². The van der Waals surface area contributed by atoms with Crippen molar-refractivity contribution in [2.24, 2.45) is 0 Å². The van der Waals surface area contributed by atoms with Gasteiger partial charge in [-0.25, -0.2) is 13.2 Å². The summed E-state index contributed by atoms with van der Waals surface area (Å²) in [6.07, 6.45) is 0. The van der Waals surface area contributed by atoms with E-state index in [4.69, 9.17) is 5.11 Å². The monoisotopic (exact) mass is 332 g/mol. The van der Waals surface area contributed by atoms with Gasteiger partial charge in [0.05, 0.1) is 26.9 Å². The van der Waals surface area contributed by atoms with Gasteiger partial charge >= 0.3 is 5.97 Å². The van der Waals surface area contributed by atoms with Crippen molar-refractivity contribution in [2.75, 3.05) is 11.5 Å². The highest BCUT2D eigenvalue weighted by atomic mass is 32.2. The molecule has 0 aromatic heterocycles. The molecule has 0 amide bonds. The number of sulfone groups is 1. The number of hydrogen-bond acceptors (Lipinski definition) is 4. The second-order valence-corrected chi connectivity index (χ2v) is 10.2. The van der Waals surface area contributed by atoms with E-state index in [1.807, 2.05) is 0 Å². The highest BCUT2D eigenvalue weighted by Gasteiger charge is 2.29. The lowest BCUT2D eigenvalue weighted by Gasteiger charge is -2.18. The van der Waals surface area contributed by atoms with E-state index in [1.54, 1.807) is 39.8 Å². The van der Waals surface area contributed by atoms with E-state index >= 15 is 0 Å². The molecule has 0 radical (unpaired) electrons. The van der Waals surface area contributed by atoms with Gasteiger partial charge in [-0.15, -0.1) is 0 Å². The fourth-order valence-corrected chi connectivity index (χ4v) is 4.38. The Morgan fingerprint density at radius 2 is 1.86 bits per heavy atom. The van der Waals surface area contributed by atoms with Gasteiger partial charge in [0.1, 0.15) is 0 Å². The minimum atomic E-state index is -3.34. The van der Waals surface area contributed by atoms with Crippen molar-refractivity contribution in [3.05, 3.63) is 29.3 Å². The van der Waals surface area contributed by atoms with E-state index in [2.05, 4.69) is 0 Å². The van der Waals surface area contributed by atoms with Gasteiger partial charge in [-0.3, -0.25) is 4.21 Å². The Morgan fingerprint density at radius 3 is 2.33 bits per heavy atom. The van der Waals surface area contributed by atoms with Crippen LogP contribution in [0.15, 0.2) is 23.1 Å². The van der Waals surface area contributed by atoms with Crippen LogP contribution in [0.25, 0.3) is 0 Å². The highest BCUT2D eigenvalue weighted by Crippen LogP contribution is 2.18. The highest BCUT2D eigenvalue weighted by molar-refractivity contribution is 7.94. The van der Waals surface area contributed by atoms with Crippen LogP contribution in [0, 0.1) is 6.92 Å². The fraction of sp³-hybridized carbons (Fsp3) is 0.500. The first kappa shape index (κ1) is 17.8. The van der Waals surface area contributed by atoms with Gasteiger partial charge in [-0.2, -0.15) is 0 Å². The van der Waals surface area contributed by atoms with E-state index in [9.17, 15) is 17.4 Å². The molecule has 1 aromatic carbocycles. The molecular formula is C14H20O5S2. The summed E-state index contributed by atoms with van der Waals surface area (Å²) in [6, 6.07) is 4.49. The number of aromatic carboxylic acids is 1. The Labute approximate surface area is 127 Å². The molecule has 0 spiro atoms. The van der Waals surface area contributed by atoms with Crippen LogP contribution in [0.2, 0.25) is 0 Å². The smallest absolute Gasteiger partial charge is 0.335 e. The molecule has 0 fully saturated rings. The normalized spacial score (nSPS) is 13.9. The molecule has 0 aliphatic carbocycles. The second kappa shape index (κ2) is 6.27. The summed E-state index contributed by atoms with van der Waals surface area (Å²) in [5.74, 6) is -1.32. The molecule has 118 valence electrons. The first-order valence-electron chi connectivity index (χ1n) is 6.40. The Bertz CT molecular complexity index is 669. The Balaban J connectivity index is 2.92. The van der Waals surface area contributed by atoms with E-state index in [0.717, 1.165) is 0 Å². The summed E-state index contributed by atoms with van der Waals surface area (Å²) in [6.45, 7) is 6.44. The third-order valence-corrected chi connectivity index (χ3v) is 7.39. The average molecular weight is 332 g/mol. The zero-order chi connectivity index (χ0) is 16.4. The summed E-state index contributed by atoms with van der Waals surface area (Å²) >= 11 is 0. The Morgan fingerprint density at radius 1 is 1.29 bits per heavy atom. The Kier molecular flexibility index (Phi) is 5.33. The summed E-state index contributed by atoms with van der Waals surface area (Å²) in [5, 5.41) is 9.04. The lowest BCUT2D eigenvalue weighted by atomic mass is 10.1. The molecule has 0 saturated heterocycles. The molecular weight excluding hydrogens is 312 g/mol. The molecule has 0 bridgehead atoms. The van der Waals surface area contributed by atoms with Crippen molar-refractivity contribution in [3.63, 3.8) is 0 Å². The maximum absolute atomic E-state index is 12.2. The maximum atomic E-state index is 12.2. The van der Waals surface area contributed by atoms with Crippen LogP contribution in [0.5, 0.6) is 0 Å². The zero-order valence-electron chi connectivity index (χ0n) is 12.5. The van der Waals surface area contributed by atoms with Gasteiger partial charge in [-0.05, 0) is 45.4 Å². The van der Waals surface area contributed by atoms with Gasteiger partial charge < -0.3 is 5.11 Å². The molecule has 5 nitrogen and oxygen atoms in total. The Hall–Kier alpha value is -1.21. The number of carbonyl (C=O) groups is 1. The zero-order valence-corrected chi connectivity index (χ0v) is 14.2. The molecule has 1 aromatic rings. The first-order chi connectivity index (χ1) is 9.45. The molecule has 0 aliphatic heterocycles. The van der Waals surface area contributed by atoms with Crippen LogP contribution >= 0.6 is 0 Å². The van der Waals surface area contributed by atoms with Gasteiger partial charge in [0, 0.05) is 10.6 Å². The molecule has 1 N–H and O–H groups in total. The van der Waals surface area contributed by atoms with Crippen LogP contribution in [-0.4, -0.2) is 40.0 Å². The lowest BCUT2D eigenvalue weighted by molar-refractivity contribution is 0.0696. The van der Waals surface area contributed by atoms with Crippen LogP contribution in [0.3, 0.4) is 0 Å². The lowest BCUT2D eigenvalue weighted by Crippen LogP contribution is -2.32. The van der Waals surface area contributed by atoms with Crippen LogP contribution in [0.1, 0.15) is 36.7 Å². The van der Waals surface area contributed by atoms with Crippen molar-refractivity contribution >= 4 is 26.6 Å². The maximum Gasteiger partial charge on any atom is 0.335 e. The third kappa shape index (κ3) is 4.38. The van der Waals surface area contributed by atoms with Crippen LogP contribution < -0.4 is 0 Å². The SMILES string of the molecule is Cc1ccc(S(=O)CCS(=O)(=O)C(C)(C)C)cc1C(=O)O. The van der Waals surface area contributed by atoms with Crippen LogP contribution in [0.4, 0.5) is 0 Å². The summed E-state index contributed by atoms with van der Waals surface area (Å²) in [5.41, 5.74) is 0.657. The third-order valence-electron chi connectivity index (χ3n) is 3.17. The number of aryl methyl sites for hydroxylation is 1. The predicted octanol–water partition coefficient (Wildman–Crippen LogP) is 2.01. The largest absolute Gasteiger partial charge is 0.478 e. The molecule has 1 atom stereocenters. The van der Waals surface area contributed by atoms with E-state index in [0.29, 0.717) is 10.5 Å². The van der Waals surface area contributed by atoms with Crippen molar-refractivity contribution in [1.29, 1.82) is 0 Å². The molecule has 7 heteroatoms. The number of carboxylic acid groups (broad SMARTS) is 1. The molecule has 1 rings (SSSR count). The average Bonchev–Trinajstić information content (AvgIpc) is 2.34. The minimum Gasteiger partial charge on any atom is -0.478 e. The number of hydrogen-bond donors (Lipinski definition) is 1. The number of benzene rings is 1. The van der Waals surface area contributed by atoms with Crippen LogP contribution in [-0.2, 0) is 20.6 Å². The minimum absolute atomic E-state index is 0.0400. The number of carboxylic acids is 1. The molecule has 0 saturated carbocycles. The molecule has 0 heterocycles.